The van der Waals surface area contributed by atoms with Crippen molar-refractivity contribution in [1.29, 1.82) is 0 Å². The van der Waals surface area contributed by atoms with Gasteiger partial charge in [0, 0.05) is 6.54 Å². The first-order chi connectivity index (χ1) is 6.66. The molecular weight excluding hydrogens is 174 g/mol. The summed E-state index contributed by atoms with van der Waals surface area (Å²) in [5.41, 5.74) is 0. The summed E-state index contributed by atoms with van der Waals surface area (Å²) in [4.78, 5) is 10.8. The van der Waals surface area contributed by atoms with Crippen LogP contribution in [0.4, 0.5) is 0 Å². The molecule has 0 aromatic heterocycles. The van der Waals surface area contributed by atoms with Crippen molar-refractivity contribution in [3.8, 4) is 0 Å². The van der Waals surface area contributed by atoms with Crippen LogP contribution >= 0.6 is 0 Å². The molecule has 0 bridgehead atoms. The Balaban J connectivity index is 3.06. The minimum absolute atomic E-state index is 0.0628. The van der Waals surface area contributed by atoms with Gasteiger partial charge in [0.05, 0.1) is 0 Å². The zero-order valence-electron chi connectivity index (χ0n) is 9.51. The molecule has 0 atom stereocenters. The number of hydrogen-bond donors (Lipinski definition) is 1. The molecule has 0 aliphatic rings. The second-order valence-electron chi connectivity index (χ2n) is 4.09. The summed E-state index contributed by atoms with van der Waals surface area (Å²) in [6, 6.07) is 0. The summed E-state index contributed by atoms with van der Waals surface area (Å²) >= 11 is 0. The molecular formula is C12H23NO. The maximum atomic E-state index is 10.8. The van der Waals surface area contributed by atoms with E-state index in [2.05, 4.69) is 25.7 Å². The van der Waals surface area contributed by atoms with Crippen molar-refractivity contribution >= 4 is 5.91 Å². The molecule has 0 spiro atoms. The second kappa shape index (κ2) is 8.79. The Labute approximate surface area is 87.8 Å². The summed E-state index contributed by atoms with van der Waals surface area (Å²) in [6.07, 6.45) is 7.52. The van der Waals surface area contributed by atoms with E-state index in [1.54, 1.807) is 0 Å². The highest BCUT2D eigenvalue weighted by molar-refractivity contribution is 5.86. The second-order valence-corrected chi connectivity index (χ2v) is 4.09. The number of carbonyl (C=O) groups excluding carboxylic acids is 1. The molecule has 0 aromatic rings. The fourth-order valence-corrected chi connectivity index (χ4v) is 1.31. The van der Waals surface area contributed by atoms with E-state index in [0.29, 0.717) is 0 Å². The lowest BCUT2D eigenvalue weighted by atomic mass is 10.0. The lowest BCUT2D eigenvalue weighted by Crippen LogP contribution is -2.21. The Morgan fingerprint density at radius 2 is 1.93 bits per heavy atom. The summed E-state index contributed by atoms with van der Waals surface area (Å²) in [5.74, 6) is 0.752. The Hall–Kier alpha value is -0.790. The molecule has 0 aliphatic carbocycles. The van der Waals surface area contributed by atoms with Gasteiger partial charge in [-0.3, -0.25) is 4.79 Å². The number of hydrogen-bond acceptors (Lipinski definition) is 1. The Bertz CT molecular complexity index is 164. The van der Waals surface area contributed by atoms with Gasteiger partial charge in [0.1, 0.15) is 0 Å². The first-order valence-electron chi connectivity index (χ1n) is 5.57. The average molecular weight is 197 g/mol. The summed E-state index contributed by atoms with van der Waals surface area (Å²) in [5, 5.41) is 2.78. The maximum absolute atomic E-state index is 10.8. The standard InChI is InChI=1S/C12H23NO/c1-4-12(14)13-10-8-6-5-7-9-11(2)3/h4,11H,1,5-10H2,2-3H3,(H,13,14). The van der Waals surface area contributed by atoms with Crippen LogP contribution in [0.1, 0.15) is 46.0 Å². The highest BCUT2D eigenvalue weighted by Gasteiger charge is 1.95. The quantitative estimate of drug-likeness (QED) is 0.470. The Morgan fingerprint density at radius 3 is 2.50 bits per heavy atom. The number of nitrogens with one attached hydrogen (secondary N) is 1. The number of amides is 1. The zero-order valence-corrected chi connectivity index (χ0v) is 9.51. The largest absolute Gasteiger partial charge is 0.353 e. The Morgan fingerprint density at radius 1 is 1.29 bits per heavy atom. The molecule has 1 amide bonds. The molecule has 2 nitrogen and oxygen atoms in total. The van der Waals surface area contributed by atoms with Gasteiger partial charge in [0.25, 0.3) is 0 Å². The molecule has 0 saturated carbocycles. The number of unbranched alkanes of at least 4 members (excludes halogenated alkanes) is 3. The number of carbonyl (C=O) groups is 1. The van der Waals surface area contributed by atoms with E-state index in [9.17, 15) is 4.79 Å². The third-order valence-corrected chi connectivity index (χ3v) is 2.19. The zero-order chi connectivity index (χ0) is 10.8. The van der Waals surface area contributed by atoms with Gasteiger partial charge < -0.3 is 5.32 Å². The average Bonchev–Trinajstić information content (AvgIpc) is 2.15. The van der Waals surface area contributed by atoms with Crippen LogP contribution in [-0.4, -0.2) is 12.5 Å². The molecule has 14 heavy (non-hydrogen) atoms. The van der Waals surface area contributed by atoms with Crippen LogP contribution < -0.4 is 5.32 Å². The SMILES string of the molecule is C=CC(=O)NCCCCCCC(C)C. The van der Waals surface area contributed by atoms with Crippen molar-refractivity contribution < 1.29 is 4.79 Å². The van der Waals surface area contributed by atoms with Gasteiger partial charge in [-0.2, -0.15) is 0 Å². The van der Waals surface area contributed by atoms with Gasteiger partial charge in [-0.05, 0) is 18.4 Å². The fourth-order valence-electron chi connectivity index (χ4n) is 1.31. The van der Waals surface area contributed by atoms with Crippen LogP contribution in [0.2, 0.25) is 0 Å². The molecule has 0 heterocycles. The molecule has 0 rings (SSSR count). The smallest absolute Gasteiger partial charge is 0.243 e. The van der Waals surface area contributed by atoms with Crippen molar-refractivity contribution in [2.24, 2.45) is 5.92 Å². The van der Waals surface area contributed by atoms with Crippen molar-refractivity contribution in [1.82, 2.24) is 5.32 Å². The monoisotopic (exact) mass is 197 g/mol. The van der Waals surface area contributed by atoms with E-state index >= 15 is 0 Å². The minimum Gasteiger partial charge on any atom is -0.353 e. The van der Waals surface area contributed by atoms with Gasteiger partial charge in [-0.25, -0.2) is 0 Å². The number of rotatable bonds is 8. The molecule has 0 radical (unpaired) electrons. The van der Waals surface area contributed by atoms with Crippen LogP contribution in [0.25, 0.3) is 0 Å². The first kappa shape index (κ1) is 13.2. The van der Waals surface area contributed by atoms with Crippen molar-refractivity contribution in [2.45, 2.75) is 46.0 Å². The lowest BCUT2D eigenvalue weighted by Gasteiger charge is -2.04. The van der Waals surface area contributed by atoms with E-state index in [0.717, 1.165) is 18.9 Å². The van der Waals surface area contributed by atoms with Crippen molar-refractivity contribution in [3.63, 3.8) is 0 Å². The summed E-state index contributed by atoms with van der Waals surface area (Å²) in [7, 11) is 0. The summed E-state index contributed by atoms with van der Waals surface area (Å²) in [6.45, 7) is 8.69. The van der Waals surface area contributed by atoms with Crippen LogP contribution in [0.15, 0.2) is 12.7 Å². The predicted octanol–water partition coefficient (Wildman–Crippen LogP) is 2.90. The van der Waals surface area contributed by atoms with E-state index in [4.69, 9.17) is 0 Å². The van der Waals surface area contributed by atoms with E-state index in [-0.39, 0.29) is 5.91 Å². The molecule has 1 N–H and O–H groups in total. The molecule has 0 aromatic carbocycles. The highest BCUT2D eigenvalue weighted by atomic mass is 16.1. The molecule has 0 aliphatic heterocycles. The first-order valence-corrected chi connectivity index (χ1v) is 5.57. The van der Waals surface area contributed by atoms with Crippen molar-refractivity contribution in [3.05, 3.63) is 12.7 Å². The fraction of sp³-hybridized carbons (Fsp3) is 0.750. The normalized spacial score (nSPS) is 10.2. The van der Waals surface area contributed by atoms with E-state index < -0.39 is 0 Å². The Kier molecular flexibility index (Phi) is 8.30. The van der Waals surface area contributed by atoms with Crippen LogP contribution in [0.3, 0.4) is 0 Å². The molecule has 0 unspecified atom stereocenters. The van der Waals surface area contributed by atoms with Crippen LogP contribution in [0, 0.1) is 5.92 Å². The minimum atomic E-state index is -0.0628. The summed E-state index contributed by atoms with van der Waals surface area (Å²) < 4.78 is 0. The topological polar surface area (TPSA) is 29.1 Å². The molecule has 82 valence electrons. The van der Waals surface area contributed by atoms with Crippen LogP contribution in [0.5, 0.6) is 0 Å². The van der Waals surface area contributed by atoms with Crippen molar-refractivity contribution in [2.75, 3.05) is 6.54 Å². The van der Waals surface area contributed by atoms with E-state index in [1.807, 2.05) is 0 Å². The third kappa shape index (κ3) is 9.30. The maximum Gasteiger partial charge on any atom is 0.243 e. The van der Waals surface area contributed by atoms with Gasteiger partial charge >= 0.3 is 0 Å². The van der Waals surface area contributed by atoms with Crippen LogP contribution in [-0.2, 0) is 4.79 Å². The predicted molar refractivity (Wildman–Crippen MR) is 61.1 cm³/mol. The highest BCUT2D eigenvalue weighted by Crippen LogP contribution is 2.08. The lowest BCUT2D eigenvalue weighted by molar-refractivity contribution is -0.116. The van der Waals surface area contributed by atoms with Gasteiger partial charge in [0.2, 0.25) is 5.91 Å². The molecule has 2 heteroatoms. The molecule has 0 saturated heterocycles. The molecule has 0 fully saturated rings. The van der Waals surface area contributed by atoms with Gasteiger partial charge in [0.15, 0.2) is 0 Å². The van der Waals surface area contributed by atoms with E-state index in [1.165, 1.54) is 31.8 Å². The van der Waals surface area contributed by atoms with Gasteiger partial charge in [-0.15, -0.1) is 0 Å². The van der Waals surface area contributed by atoms with Gasteiger partial charge in [-0.1, -0.05) is 46.1 Å². The third-order valence-electron chi connectivity index (χ3n) is 2.19.